The Balaban J connectivity index is 2.22. The summed E-state index contributed by atoms with van der Waals surface area (Å²) in [6.07, 6.45) is 3.35. The average Bonchev–Trinajstić information content (AvgIpc) is 2.41. The molecular weight excluding hydrogens is 292 g/mol. The van der Waals surface area contributed by atoms with Crippen LogP contribution in [0.4, 0.5) is 5.82 Å². The summed E-state index contributed by atoms with van der Waals surface area (Å²) in [7, 11) is 1.99. The molecule has 0 unspecified atom stereocenters. The van der Waals surface area contributed by atoms with Crippen LogP contribution in [0.15, 0.2) is 41.1 Å². The van der Waals surface area contributed by atoms with Crippen molar-refractivity contribution in [3.8, 4) is 0 Å². The molecule has 2 rings (SSSR count). The molecule has 0 aliphatic heterocycles. The lowest BCUT2D eigenvalue weighted by molar-refractivity contribution is 0.851. The van der Waals surface area contributed by atoms with Crippen LogP contribution in [-0.4, -0.2) is 17.0 Å². The topological polar surface area (TPSA) is 55.0 Å². The number of hydrogen-bond acceptors (Lipinski definition) is 4. The van der Waals surface area contributed by atoms with Crippen LogP contribution < -0.4 is 10.6 Å². The molecule has 1 heterocycles. The number of anilines is 1. The number of hydrogen-bond donors (Lipinski definition) is 1. The molecule has 2 aromatic rings. The van der Waals surface area contributed by atoms with Crippen molar-refractivity contribution < 1.29 is 0 Å². The maximum absolute atomic E-state index is 5.67. The molecule has 18 heavy (non-hydrogen) atoms. The summed E-state index contributed by atoms with van der Waals surface area (Å²) in [5.41, 5.74) is 7.69. The SMILES string of the molecule is CN(Cc1ccccc1Br)c1nccnc1CN. The van der Waals surface area contributed by atoms with Gasteiger partial charge in [-0.25, -0.2) is 4.98 Å². The van der Waals surface area contributed by atoms with Gasteiger partial charge in [0.15, 0.2) is 5.82 Å². The molecule has 94 valence electrons. The summed E-state index contributed by atoms with van der Waals surface area (Å²) in [4.78, 5) is 10.6. The molecule has 4 nitrogen and oxygen atoms in total. The molecule has 0 aliphatic rings. The van der Waals surface area contributed by atoms with E-state index >= 15 is 0 Å². The highest BCUT2D eigenvalue weighted by Crippen LogP contribution is 2.20. The molecule has 0 bridgehead atoms. The van der Waals surface area contributed by atoms with Gasteiger partial charge in [-0.15, -0.1) is 0 Å². The van der Waals surface area contributed by atoms with Gasteiger partial charge in [0, 0.05) is 37.0 Å². The van der Waals surface area contributed by atoms with Crippen LogP contribution in [0.25, 0.3) is 0 Å². The third kappa shape index (κ3) is 2.86. The molecule has 5 heteroatoms. The zero-order valence-corrected chi connectivity index (χ0v) is 11.8. The molecule has 0 radical (unpaired) electrons. The van der Waals surface area contributed by atoms with Crippen LogP contribution in [0.1, 0.15) is 11.3 Å². The Hall–Kier alpha value is -1.46. The van der Waals surface area contributed by atoms with Crippen LogP contribution in [0, 0.1) is 0 Å². The second kappa shape index (κ2) is 5.93. The van der Waals surface area contributed by atoms with Gasteiger partial charge in [0.1, 0.15) is 0 Å². The molecule has 0 atom stereocenters. The molecule has 0 saturated carbocycles. The van der Waals surface area contributed by atoms with Gasteiger partial charge in [-0.05, 0) is 11.6 Å². The van der Waals surface area contributed by atoms with Crippen LogP contribution in [-0.2, 0) is 13.1 Å². The highest BCUT2D eigenvalue weighted by molar-refractivity contribution is 9.10. The zero-order valence-electron chi connectivity index (χ0n) is 10.2. The molecule has 1 aromatic carbocycles. The number of rotatable bonds is 4. The van der Waals surface area contributed by atoms with Gasteiger partial charge in [-0.3, -0.25) is 4.98 Å². The van der Waals surface area contributed by atoms with E-state index in [2.05, 4.69) is 36.9 Å². The van der Waals surface area contributed by atoms with Gasteiger partial charge >= 0.3 is 0 Å². The molecule has 0 fully saturated rings. The predicted octanol–water partition coefficient (Wildman–Crippen LogP) is 2.33. The lowest BCUT2D eigenvalue weighted by Gasteiger charge is -2.20. The fourth-order valence-electron chi connectivity index (χ4n) is 1.78. The van der Waals surface area contributed by atoms with Crippen molar-refractivity contribution in [2.24, 2.45) is 5.73 Å². The summed E-state index contributed by atoms with van der Waals surface area (Å²) in [6.45, 7) is 1.15. The third-order valence-corrected chi connectivity index (χ3v) is 3.45. The molecule has 0 amide bonds. The fourth-order valence-corrected chi connectivity index (χ4v) is 2.19. The summed E-state index contributed by atoms with van der Waals surface area (Å²) in [5, 5.41) is 0. The van der Waals surface area contributed by atoms with Crippen LogP contribution >= 0.6 is 15.9 Å². The molecule has 0 aliphatic carbocycles. The molecule has 0 saturated heterocycles. The van der Waals surface area contributed by atoms with E-state index in [1.165, 1.54) is 5.56 Å². The summed E-state index contributed by atoms with van der Waals surface area (Å²) in [5.74, 6) is 0.829. The van der Waals surface area contributed by atoms with Crippen molar-refractivity contribution in [1.29, 1.82) is 0 Å². The van der Waals surface area contributed by atoms with E-state index in [9.17, 15) is 0 Å². The number of aromatic nitrogens is 2. The monoisotopic (exact) mass is 306 g/mol. The quantitative estimate of drug-likeness (QED) is 0.942. The zero-order chi connectivity index (χ0) is 13.0. The Labute approximate surface area is 115 Å². The predicted molar refractivity (Wildman–Crippen MR) is 76.2 cm³/mol. The fraction of sp³-hybridized carbons (Fsp3) is 0.231. The van der Waals surface area contributed by atoms with E-state index in [1.807, 2.05) is 25.2 Å². The number of halogens is 1. The Bertz CT molecular complexity index is 530. The Morgan fingerprint density at radius 3 is 2.67 bits per heavy atom. The first-order chi connectivity index (χ1) is 8.72. The van der Waals surface area contributed by atoms with Gasteiger partial charge < -0.3 is 10.6 Å². The Morgan fingerprint density at radius 2 is 1.94 bits per heavy atom. The first kappa shape index (κ1) is 13.0. The van der Waals surface area contributed by atoms with Gasteiger partial charge in [-0.1, -0.05) is 34.1 Å². The van der Waals surface area contributed by atoms with Crippen LogP contribution in [0.3, 0.4) is 0 Å². The molecule has 2 N–H and O–H groups in total. The first-order valence-corrected chi connectivity index (χ1v) is 6.46. The van der Waals surface area contributed by atoms with Crippen LogP contribution in [0.2, 0.25) is 0 Å². The van der Waals surface area contributed by atoms with Gasteiger partial charge in [-0.2, -0.15) is 0 Å². The third-order valence-electron chi connectivity index (χ3n) is 2.67. The number of nitrogens with two attached hydrogens (primary N) is 1. The van der Waals surface area contributed by atoms with Gasteiger partial charge in [0.05, 0.1) is 5.69 Å². The second-order valence-electron chi connectivity index (χ2n) is 3.98. The van der Waals surface area contributed by atoms with Crippen molar-refractivity contribution in [1.82, 2.24) is 9.97 Å². The van der Waals surface area contributed by atoms with Gasteiger partial charge in [0.2, 0.25) is 0 Å². The smallest absolute Gasteiger partial charge is 0.151 e. The van der Waals surface area contributed by atoms with E-state index < -0.39 is 0 Å². The number of benzene rings is 1. The highest BCUT2D eigenvalue weighted by Gasteiger charge is 2.10. The largest absolute Gasteiger partial charge is 0.354 e. The standard InChI is InChI=1S/C13H15BrN4/c1-18(9-10-4-2-3-5-11(10)14)13-12(8-15)16-6-7-17-13/h2-7H,8-9,15H2,1H3. The highest BCUT2D eigenvalue weighted by atomic mass is 79.9. The lowest BCUT2D eigenvalue weighted by atomic mass is 10.2. The summed E-state index contributed by atoms with van der Waals surface area (Å²) < 4.78 is 1.09. The molecule has 0 spiro atoms. The Morgan fingerprint density at radius 1 is 1.22 bits per heavy atom. The second-order valence-corrected chi connectivity index (χ2v) is 4.83. The first-order valence-electron chi connectivity index (χ1n) is 5.67. The minimum absolute atomic E-state index is 0.392. The Kier molecular flexibility index (Phi) is 4.28. The minimum atomic E-state index is 0.392. The van der Waals surface area contributed by atoms with Gasteiger partial charge in [0.25, 0.3) is 0 Å². The van der Waals surface area contributed by atoms with E-state index in [4.69, 9.17) is 5.73 Å². The molecule has 1 aromatic heterocycles. The van der Waals surface area contributed by atoms with E-state index in [-0.39, 0.29) is 0 Å². The van der Waals surface area contributed by atoms with E-state index in [0.29, 0.717) is 6.54 Å². The average molecular weight is 307 g/mol. The number of nitrogens with zero attached hydrogens (tertiary/aromatic N) is 3. The van der Waals surface area contributed by atoms with Crippen molar-refractivity contribution in [2.45, 2.75) is 13.1 Å². The maximum Gasteiger partial charge on any atom is 0.151 e. The molecular formula is C13H15BrN4. The summed E-state index contributed by atoms with van der Waals surface area (Å²) >= 11 is 3.55. The van der Waals surface area contributed by atoms with E-state index in [0.717, 1.165) is 22.5 Å². The maximum atomic E-state index is 5.67. The van der Waals surface area contributed by atoms with Crippen LogP contribution in [0.5, 0.6) is 0 Å². The van der Waals surface area contributed by atoms with Crippen molar-refractivity contribution in [2.75, 3.05) is 11.9 Å². The minimum Gasteiger partial charge on any atom is -0.354 e. The van der Waals surface area contributed by atoms with Crippen molar-refractivity contribution in [3.05, 3.63) is 52.4 Å². The normalized spacial score (nSPS) is 10.4. The van der Waals surface area contributed by atoms with Crippen molar-refractivity contribution in [3.63, 3.8) is 0 Å². The summed E-state index contributed by atoms with van der Waals surface area (Å²) in [6, 6.07) is 8.14. The van der Waals surface area contributed by atoms with Crippen molar-refractivity contribution >= 4 is 21.7 Å². The lowest BCUT2D eigenvalue weighted by Crippen LogP contribution is -2.21. The van der Waals surface area contributed by atoms with E-state index in [1.54, 1.807) is 12.4 Å².